The molecule has 2 heterocycles. The van der Waals surface area contributed by atoms with Crippen LogP contribution in [0.1, 0.15) is 32.8 Å². The summed E-state index contributed by atoms with van der Waals surface area (Å²) in [4.78, 5) is 11.1. The molecule has 0 aromatic carbocycles. The molecule has 8 heteroatoms. The molecule has 2 N–H and O–H groups in total. The van der Waals surface area contributed by atoms with Crippen LogP contribution in [0, 0.1) is 5.92 Å². The molecule has 0 bridgehead atoms. The van der Waals surface area contributed by atoms with E-state index in [0.29, 0.717) is 24.9 Å². The second kappa shape index (κ2) is 13.9. The number of aromatic nitrogens is 1. The van der Waals surface area contributed by atoms with Gasteiger partial charge in [0.25, 0.3) is 0 Å². The van der Waals surface area contributed by atoms with E-state index in [-0.39, 0.29) is 30.1 Å². The van der Waals surface area contributed by atoms with E-state index in [1.807, 2.05) is 12.1 Å². The highest BCUT2D eigenvalue weighted by Crippen LogP contribution is 2.14. The molecule has 0 spiro atoms. The lowest BCUT2D eigenvalue weighted by molar-refractivity contribution is -0.0284. The van der Waals surface area contributed by atoms with Crippen LogP contribution in [0.15, 0.2) is 23.3 Å². The molecule has 0 saturated carbocycles. The molecular weight excluding hydrogens is 469 g/mol. The maximum Gasteiger partial charge on any atom is 0.218 e. The number of ether oxygens (including phenoxy) is 2. The third-order valence-electron chi connectivity index (χ3n) is 4.31. The fourth-order valence-electron chi connectivity index (χ4n) is 3.08. The van der Waals surface area contributed by atoms with E-state index in [4.69, 9.17) is 9.47 Å². The van der Waals surface area contributed by atoms with Gasteiger partial charge in [-0.25, -0.2) is 4.98 Å². The number of aliphatic imine (C=N–C) groups is 1. The molecule has 1 saturated heterocycles. The Morgan fingerprint density at radius 3 is 2.96 bits per heavy atom. The molecule has 1 aromatic heterocycles. The molecule has 0 aliphatic carbocycles. The zero-order chi connectivity index (χ0) is 19.5. The second-order valence-electron chi connectivity index (χ2n) is 7.27. The number of nitrogens with zero attached hydrogens (tertiary/aromatic N) is 3. The van der Waals surface area contributed by atoms with Crippen LogP contribution in [0.4, 0.5) is 0 Å². The van der Waals surface area contributed by atoms with Gasteiger partial charge >= 0.3 is 0 Å². The van der Waals surface area contributed by atoms with E-state index < -0.39 is 0 Å². The summed E-state index contributed by atoms with van der Waals surface area (Å²) in [5.41, 5.74) is 1.02. The van der Waals surface area contributed by atoms with Crippen LogP contribution in [0.5, 0.6) is 5.88 Å². The summed E-state index contributed by atoms with van der Waals surface area (Å²) in [5.74, 6) is 2.11. The van der Waals surface area contributed by atoms with Crippen molar-refractivity contribution >= 4 is 29.9 Å². The third-order valence-corrected chi connectivity index (χ3v) is 4.31. The predicted molar refractivity (Wildman–Crippen MR) is 125 cm³/mol. The van der Waals surface area contributed by atoms with Gasteiger partial charge in [0, 0.05) is 51.5 Å². The van der Waals surface area contributed by atoms with Crippen molar-refractivity contribution in [2.24, 2.45) is 10.9 Å². The van der Waals surface area contributed by atoms with Crippen LogP contribution in [0.3, 0.4) is 0 Å². The normalized spacial score (nSPS) is 17.9. The third kappa shape index (κ3) is 8.91. The number of halogens is 1. The van der Waals surface area contributed by atoms with Gasteiger partial charge in [0.05, 0.1) is 19.3 Å². The van der Waals surface area contributed by atoms with Gasteiger partial charge in [-0.1, -0.05) is 26.8 Å². The molecule has 7 nitrogen and oxygen atoms in total. The van der Waals surface area contributed by atoms with Gasteiger partial charge in [0.15, 0.2) is 5.96 Å². The fourth-order valence-corrected chi connectivity index (χ4v) is 3.08. The summed E-state index contributed by atoms with van der Waals surface area (Å²) in [6, 6.07) is 3.94. The Hall–Kier alpha value is -1.13. The monoisotopic (exact) mass is 505 g/mol. The zero-order valence-corrected chi connectivity index (χ0v) is 19.9. The molecule has 160 valence electrons. The highest BCUT2D eigenvalue weighted by atomic mass is 127. The quantitative estimate of drug-likeness (QED) is 0.306. The van der Waals surface area contributed by atoms with E-state index in [2.05, 4.69) is 46.3 Å². The van der Waals surface area contributed by atoms with E-state index in [0.717, 1.165) is 50.7 Å². The number of guanidine groups is 1. The molecule has 1 aromatic rings. The van der Waals surface area contributed by atoms with Crippen molar-refractivity contribution < 1.29 is 9.47 Å². The highest BCUT2D eigenvalue weighted by Gasteiger charge is 2.21. The Labute approximate surface area is 186 Å². The number of pyridine rings is 1. The summed E-state index contributed by atoms with van der Waals surface area (Å²) in [6.07, 6.45) is 2.89. The van der Waals surface area contributed by atoms with Crippen molar-refractivity contribution in [1.29, 1.82) is 0 Å². The lowest BCUT2D eigenvalue weighted by Crippen LogP contribution is -2.50. The maximum absolute atomic E-state index is 5.89. The Bertz CT molecular complexity index is 585. The lowest BCUT2D eigenvalue weighted by atomic mass is 10.2. The smallest absolute Gasteiger partial charge is 0.218 e. The Kier molecular flexibility index (Phi) is 12.4. The number of morpholine rings is 1. The average molecular weight is 505 g/mol. The van der Waals surface area contributed by atoms with Gasteiger partial charge in [-0.3, -0.25) is 9.89 Å². The predicted octanol–water partition coefficient (Wildman–Crippen LogP) is 2.51. The minimum Gasteiger partial charge on any atom is -0.477 e. The van der Waals surface area contributed by atoms with E-state index in [1.165, 1.54) is 0 Å². The van der Waals surface area contributed by atoms with Crippen molar-refractivity contribution in [3.8, 4) is 5.88 Å². The average Bonchev–Trinajstić information content (AvgIpc) is 2.67. The first-order valence-corrected chi connectivity index (χ1v) is 9.97. The molecule has 1 aliphatic heterocycles. The maximum atomic E-state index is 5.89. The molecule has 0 radical (unpaired) electrons. The molecule has 0 amide bonds. The fraction of sp³-hybridized carbons (Fsp3) is 0.700. The van der Waals surface area contributed by atoms with E-state index in [1.54, 1.807) is 13.2 Å². The Morgan fingerprint density at radius 2 is 2.25 bits per heavy atom. The summed E-state index contributed by atoms with van der Waals surface area (Å²) in [5, 5.41) is 6.71. The van der Waals surface area contributed by atoms with Crippen LogP contribution in [-0.2, 0) is 11.3 Å². The Morgan fingerprint density at radius 1 is 1.43 bits per heavy atom. The van der Waals surface area contributed by atoms with Gasteiger partial charge in [0.1, 0.15) is 0 Å². The van der Waals surface area contributed by atoms with Gasteiger partial charge in [-0.05, 0) is 18.4 Å². The molecule has 1 fully saturated rings. The van der Waals surface area contributed by atoms with Crippen LogP contribution in [0.2, 0.25) is 0 Å². The molecule has 1 atom stereocenters. The SMILES string of the molecule is CCCOc1ncccc1CNC(=NC)NCC1CN(CC(C)C)CCO1.I. The largest absolute Gasteiger partial charge is 0.477 e. The van der Waals surface area contributed by atoms with E-state index in [9.17, 15) is 0 Å². The van der Waals surface area contributed by atoms with Crippen molar-refractivity contribution in [1.82, 2.24) is 20.5 Å². The minimum atomic E-state index is 0. The number of nitrogens with one attached hydrogen (secondary N) is 2. The summed E-state index contributed by atoms with van der Waals surface area (Å²) in [6.45, 7) is 12.5. The first kappa shape index (κ1) is 24.9. The van der Waals surface area contributed by atoms with Crippen LogP contribution >= 0.6 is 24.0 Å². The summed E-state index contributed by atoms with van der Waals surface area (Å²) < 4.78 is 11.6. The first-order valence-electron chi connectivity index (χ1n) is 9.97. The number of hydrogen-bond donors (Lipinski definition) is 2. The van der Waals surface area contributed by atoms with Crippen molar-refractivity contribution in [2.45, 2.75) is 39.8 Å². The van der Waals surface area contributed by atoms with Crippen molar-refractivity contribution in [3.63, 3.8) is 0 Å². The van der Waals surface area contributed by atoms with E-state index >= 15 is 0 Å². The molecule has 28 heavy (non-hydrogen) atoms. The van der Waals surface area contributed by atoms with Crippen molar-refractivity contribution in [2.75, 3.05) is 46.4 Å². The standard InChI is InChI=1S/C20H35N5O2.HI/c1-5-10-27-19-17(7-6-8-22-19)12-23-20(21-4)24-13-18-15-25(9-11-26-18)14-16(2)3;/h6-8,16,18H,5,9-15H2,1-4H3,(H2,21,23,24);1H. The number of hydrogen-bond acceptors (Lipinski definition) is 5. The van der Waals surface area contributed by atoms with Crippen molar-refractivity contribution in [3.05, 3.63) is 23.9 Å². The first-order chi connectivity index (χ1) is 13.1. The zero-order valence-electron chi connectivity index (χ0n) is 17.6. The molecule has 2 rings (SSSR count). The molecule has 1 aliphatic rings. The highest BCUT2D eigenvalue weighted by molar-refractivity contribution is 14.0. The minimum absolute atomic E-state index is 0. The topological polar surface area (TPSA) is 71.0 Å². The van der Waals surface area contributed by atoms with Crippen LogP contribution in [0.25, 0.3) is 0 Å². The summed E-state index contributed by atoms with van der Waals surface area (Å²) >= 11 is 0. The summed E-state index contributed by atoms with van der Waals surface area (Å²) in [7, 11) is 1.78. The van der Waals surface area contributed by atoms with Crippen LogP contribution < -0.4 is 15.4 Å². The Balaban J connectivity index is 0.00000392. The van der Waals surface area contributed by atoms with Crippen LogP contribution in [-0.4, -0.2) is 68.4 Å². The van der Waals surface area contributed by atoms with Gasteiger partial charge < -0.3 is 20.1 Å². The second-order valence-corrected chi connectivity index (χ2v) is 7.27. The van der Waals surface area contributed by atoms with Gasteiger partial charge in [-0.2, -0.15) is 0 Å². The van der Waals surface area contributed by atoms with Gasteiger partial charge in [0.2, 0.25) is 5.88 Å². The van der Waals surface area contributed by atoms with Gasteiger partial charge in [-0.15, -0.1) is 24.0 Å². The lowest BCUT2D eigenvalue weighted by Gasteiger charge is -2.34. The number of rotatable bonds is 9. The molecule has 1 unspecified atom stereocenters. The molecular formula is C20H36IN5O2.